The van der Waals surface area contributed by atoms with Gasteiger partial charge in [-0.05, 0) is 24.3 Å². The molecule has 0 saturated heterocycles. The van der Waals surface area contributed by atoms with Crippen molar-refractivity contribution in [2.45, 2.75) is 0 Å². The highest BCUT2D eigenvalue weighted by atomic mass is 14.8. The molecule has 2 aromatic rings. The monoisotopic (exact) mass is 171 g/mol. The van der Waals surface area contributed by atoms with E-state index in [4.69, 9.17) is 5.73 Å². The van der Waals surface area contributed by atoms with E-state index in [0.29, 0.717) is 5.69 Å². The van der Waals surface area contributed by atoms with Gasteiger partial charge in [0.25, 0.3) is 0 Å². The van der Waals surface area contributed by atoms with Crippen LogP contribution in [0.1, 0.15) is 0 Å². The van der Waals surface area contributed by atoms with E-state index >= 15 is 0 Å². The van der Waals surface area contributed by atoms with Crippen LogP contribution in [0.4, 0.5) is 5.69 Å². The zero-order valence-electron chi connectivity index (χ0n) is 7.01. The summed E-state index contributed by atoms with van der Waals surface area (Å²) in [5.74, 6) is 0. The van der Waals surface area contributed by atoms with Crippen LogP contribution in [-0.2, 0) is 0 Å². The van der Waals surface area contributed by atoms with Gasteiger partial charge in [0, 0.05) is 12.4 Å². The summed E-state index contributed by atoms with van der Waals surface area (Å²) in [6, 6.07) is 9.29. The molecule has 2 rings (SSSR count). The third kappa shape index (κ3) is 1.49. The van der Waals surface area contributed by atoms with Crippen LogP contribution in [0.15, 0.2) is 42.7 Å². The minimum absolute atomic E-state index is 0.654. The van der Waals surface area contributed by atoms with Crippen LogP contribution in [0.2, 0.25) is 0 Å². The van der Waals surface area contributed by atoms with Crippen molar-refractivity contribution in [3.8, 4) is 11.4 Å². The van der Waals surface area contributed by atoms with Crippen molar-refractivity contribution in [1.82, 2.24) is 9.97 Å². The lowest BCUT2D eigenvalue weighted by Crippen LogP contribution is -1.93. The zero-order valence-corrected chi connectivity index (χ0v) is 7.01. The Kier molecular flexibility index (Phi) is 1.92. The fourth-order valence-corrected chi connectivity index (χ4v) is 1.13. The lowest BCUT2D eigenvalue weighted by molar-refractivity contribution is 1.25. The van der Waals surface area contributed by atoms with E-state index in [1.54, 1.807) is 12.4 Å². The minimum Gasteiger partial charge on any atom is -0.397 e. The zero-order chi connectivity index (χ0) is 9.10. The van der Waals surface area contributed by atoms with Gasteiger partial charge in [-0.15, -0.1) is 0 Å². The van der Waals surface area contributed by atoms with Crippen LogP contribution >= 0.6 is 0 Å². The van der Waals surface area contributed by atoms with Crippen LogP contribution in [0.25, 0.3) is 11.4 Å². The Hall–Kier alpha value is -1.90. The normalized spacial score (nSPS) is 9.85. The Balaban J connectivity index is 2.54. The lowest BCUT2D eigenvalue weighted by Gasteiger charge is -2.01. The molecule has 64 valence electrons. The average molecular weight is 171 g/mol. The first-order valence-corrected chi connectivity index (χ1v) is 4.00. The Morgan fingerprint density at radius 3 is 2.46 bits per heavy atom. The van der Waals surface area contributed by atoms with Crippen LogP contribution in [0.3, 0.4) is 0 Å². The van der Waals surface area contributed by atoms with E-state index in [1.807, 2.05) is 30.3 Å². The summed E-state index contributed by atoms with van der Waals surface area (Å²) in [6.07, 6.45) is 3.43. The molecule has 0 aromatic carbocycles. The quantitative estimate of drug-likeness (QED) is 0.710. The maximum atomic E-state index is 5.75. The molecule has 0 aliphatic heterocycles. The number of hydrogen-bond donors (Lipinski definition) is 1. The van der Waals surface area contributed by atoms with E-state index in [9.17, 15) is 0 Å². The number of nitrogens with two attached hydrogens (primary N) is 1. The summed E-state index contributed by atoms with van der Waals surface area (Å²) in [7, 11) is 0. The van der Waals surface area contributed by atoms with Gasteiger partial charge in [0.1, 0.15) is 5.69 Å². The third-order valence-corrected chi connectivity index (χ3v) is 1.75. The summed E-state index contributed by atoms with van der Waals surface area (Å²) < 4.78 is 0. The molecule has 0 amide bonds. The van der Waals surface area contributed by atoms with E-state index < -0.39 is 0 Å². The SMILES string of the molecule is Nc1cccnc1-c1ccccn1. The number of aromatic nitrogens is 2. The molecule has 3 nitrogen and oxygen atoms in total. The van der Waals surface area contributed by atoms with Gasteiger partial charge in [-0.25, -0.2) is 0 Å². The highest BCUT2D eigenvalue weighted by Gasteiger charge is 2.02. The summed E-state index contributed by atoms with van der Waals surface area (Å²) >= 11 is 0. The molecule has 2 N–H and O–H groups in total. The van der Waals surface area contributed by atoms with Crippen molar-refractivity contribution in [1.29, 1.82) is 0 Å². The number of nitrogen functional groups attached to an aromatic ring is 1. The van der Waals surface area contributed by atoms with Gasteiger partial charge in [0.15, 0.2) is 0 Å². The highest BCUT2D eigenvalue weighted by molar-refractivity contribution is 5.68. The average Bonchev–Trinajstić information content (AvgIpc) is 2.20. The van der Waals surface area contributed by atoms with Crippen molar-refractivity contribution in [3.05, 3.63) is 42.7 Å². The largest absolute Gasteiger partial charge is 0.397 e. The predicted molar refractivity (Wildman–Crippen MR) is 51.9 cm³/mol. The molecule has 2 aromatic heterocycles. The molecule has 3 heteroatoms. The second-order valence-corrected chi connectivity index (χ2v) is 2.66. The van der Waals surface area contributed by atoms with Gasteiger partial charge < -0.3 is 5.73 Å². The third-order valence-electron chi connectivity index (χ3n) is 1.75. The van der Waals surface area contributed by atoms with Crippen LogP contribution in [0, 0.1) is 0 Å². The van der Waals surface area contributed by atoms with Crippen molar-refractivity contribution >= 4 is 5.69 Å². The second kappa shape index (κ2) is 3.23. The molecule has 0 spiro atoms. The molecule has 2 heterocycles. The van der Waals surface area contributed by atoms with E-state index in [1.165, 1.54) is 0 Å². The Labute approximate surface area is 76.3 Å². The molecule has 0 bridgehead atoms. The number of hydrogen-bond acceptors (Lipinski definition) is 3. The van der Waals surface area contributed by atoms with Crippen molar-refractivity contribution in [3.63, 3.8) is 0 Å². The standard InChI is InChI=1S/C10H9N3/c11-8-4-3-7-13-10(8)9-5-1-2-6-12-9/h1-7H,11H2. The highest BCUT2D eigenvalue weighted by Crippen LogP contribution is 2.19. The molecule has 0 atom stereocenters. The van der Waals surface area contributed by atoms with Gasteiger partial charge in [-0.2, -0.15) is 0 Å². The summed E-state index contributed by atoms with van der Waals surface area (Å²) in [4.78, 5) is 8.33. The van der Waals surface area contributed by atoms with E-state index in [2.05, 4.69) is 9.97 Å². The molecule has 0 radical (unpaired) electrons. The van der Waals surface area contributed by atoms with Gasteiger partial charge in [0.05, 0.1) is 11.4 Å². The molecular formula is C10H9N3. The van der Waals surface area contributed by atoms with Crippen LogP contribution < -0.4 is 5.73 Å². The Morgan fingerprint density at radius 1 is 0.923 bits per heavy atom. The Morgan fingerprint density at radius 2 is 1.77 bits per heavy atom. The topological polar surface area (TPSA) is 51.8 Å². The first-order chi connectivity index (χ1) is 6.38. The molecule has 0 fully saturated rings. The number of pyridine rings is 2. The van der Waals surface area contributed by atoms with Crippen LogP contribution in [0.5, 0.6) is 0 Å². The fraction of sp³-hybridized carbons (Fsp3) is 0. The molecule has 0 unspecified atom stereocenters. The van der Waals surface area contributed by atoms with Gasteiger partial charge >= 0.3 is 0 Å². The summed E-state index contributed by atoms with van der Waals surface area (Å²) in [5.41, 5.74) is 7.95. The molecule has 0 saturated carbocycles. The van der Waals surface area contributed by atoms with Gasteiger partial charge in [-0.1, -0.05) is 6.07 Å². The number of nitrogens with zero attached hydrogens (tertiary/aromatic N) is 2. The molecule has 0 aliphatic rings. The van der Waals surface area contributed by atoms with Crippen molar-refractivity contribution < 1.29 is 0 Å². The maximum absolute atomic E-state index is 5.75. The summed E-state index contributed by atoms with van der Waals surface area (Å²) in [6.45, 7) is 0. The summed E-state index contributed by atoms with van der Waals surface area (Å²) in [5, 5.41) is 0. The first kappa shape index (κ1) is 7.73. The lowest BCUT2D eigenvalue weighted by atomic mass is 10.2. The first-order valence-electron chi connectivity index (χ1n) is 4.00. The van der Waals surface area contributed by atoms with Crippen molar-refractivity contribution in [2.24, 2.45) is 0 Å². The Bertz CT molecular complexity index is 398. The van der Waals surface area contributed by atoms with Gasteiger partial charge in [0.2, 0.25) is 0 Å². The second-order valence-electron chi connectivity index (χ2n) is 2.66. The fourth-order valence-electron chi connectivity index (χ4n) is 1.13. The van der Waals surface area contributed by atoms with E-state index in [-0.39, 0.29) is 0 Å². The molecule has 0 aliphatic carbocycles. The molecule has 13 heavy (non-hydrogen) atoms. The molecular weight excluding hydrogens is 162 g/mol. The van der Waals surface area contributed by atoms with Gasteiger partial charge in [-0.3, -0.25) is 9.97 Å². The number of anilines is 1. The number of rotatable bonds is 1. The van der Waals surface area contributed by atoms with E-state index in [0.717, 1.165) is 11.4 Å². The predicted octanol–water partition coefficient (Wildman–Crippen LogP) is 1.73. The maximum Gasteiger partial charge on any atom is 0.111 e. The minimum atomic E-state index is 0.654. The smallest absolute Gasteiger partial charge is 0.111 e. The van der Waals surface area contributed by atoms with Crippen molar-refractivity contribution in [2.75, 3.05) is 5.73 Å². The van der Waals surface area contributed by atoms with Crippen LogP contribution in [-0.4, -0.2) is 9.97 Å².